The maximum Gasteiger partial charge on any atom is 0.313 e. The maximum absolute atomic E-state index is 12.1. The molecule has 5 N–H and O–H groups in total. The van der Waals surface area contributed by atoms with Crippen molar-refractivity contribution < 1.29 is 23.9 Å². The van der Waals surface area contributed by atoms with Crippen molar-refractivity contribution >= 4 is 35.0 Å². The van der Waals surface area contributed by atoms with Crippen LogP contribution >= 0.6 is 0 Å². The second-order valence-electron chi connectivity index (χ2n) is 6.08. The summed E-state index contributed by atoms with van der Waals surface area (Å²) >= 11 is 0. The van der Waals surface area contributed by atoms with Gasteiger partial charge in [-0.2, -0.15) is 0 Å². The molecule has 0 aliphatic rings. The number of hydrogen-bond donors (Lipinski definition) is 4. The zero-order valence-corrected chi connectivity index (χ0v) is 15.9. The SMILES string of the molecule is CC(=O)Nc1ccc(CNC(=O)C(=O)Nc2ccccc2OCCC(N)=O)cc1. The van der Waals surface area contributed by atoms with Gasteiger partial charge in [0.25, 0.3) is 0 Å². The van der Waals surface area contributed by atoms with Gasteiger partial charge >= 0.3 is 11.8 Å². The third-order valence-corrected chi connectivity index (χ3v) is 3.67. The van der Waals surface area contributed by atoms with Crippen molar-refractivity contribution in [2.24, 2.45) is 5.73 Å². The predicted octanol–water partition coefficient (Wildman–Crippen LogP) is 1.15. The van der Waals surface area contributed by atoms with E-state index in [9.17, 15) is 19.2 Å². The first kappa shape index (κ1) is 21.4. The van der Waals surface area contributed by atoms with Crippen molar-refractivity contribution in [2.45, 2.75) is 19.9 Å². The van der Waals surface area contributed by atoms with Crippen LogP contribution in [-0.4, -0.2) is 30.2 Å². The predicted molar refractivity (Wildman–Crippen MR) is 107 cm³/mol. The Labute approximate surface area is 167 Å². The molecule has 0 heterocycles. The lowest BCUT2D eigenvalue weighted by molar-refractivity contribution is -0.136. The number of rotatable bonds is 8. The van der Waals surface area contributed by atoms with Crippen molar-refractivity contribution in [3.05, 3.63) is 54.1 Å². The highest BCUT2D eigenvalue weighted by Crippen LogP contribution is 2.23. The number of carbonyl (C=O) groups excluding carboxylic acids is 4. The van der Waals surface area contributed by atoms with Gasteiger partial charge in [-0.05, 0) is 29.8 Å². The minimum Gasteiger partial charge on any atom is -0.491 e. The highest BCUT2D eigenvalue weighted by Gasteiger charge is 2.15. The Morgan fingerprint density at radius 1 is 0.931 bits per heavy atom. The number of nitrogens with two attached hydrogens (primary N) is 1. The van der Waals surface area contributed by atoms with Crippen LogP contribution in [-0.2, 0) is 25.7 Å². The first-order chi connectivity index (χ1) is 13.8. The molecule has 2 aromatic rings. The molecule has 0 bridgehead atoms. The van der Waals surface area contributed by atoms with E-state index in [0.717, 1.165) is 5.56 Å². The monoisotopic (exact) mass is 398 g/mol. The minimum absolute atomic E-state index is 0.0312. The molecule has 9 nitrogen and oxygen atoms in total. The fourth-order valence-electron chi connectivity index (χ4n) is 2.31. The van der Waals surface area contributed by atoms with Crippen LogP contribution in [0, 0.1) is 0 Å². The van der Waals surface area contributed by atoms with Gasteiger partial charge in [0.2, 0.25) is 11.8 Å². The summed E-state index contributed by atoms with van der Waals surface area (Å²) in [5.74, 6) is -2.03. The second kappa shape index (κ2) is 10.5. The number of hydrogen-bond acceptors (Lipinski definition) is 5. The molecule has 0 aliphatic carbocycles. The Bertz CT molecular complexity index is 896. The van der Waals surface area contributed by atoms with Gasteiger partial charge in [-0.1, -0.05) is 24.3 Å². The summed E-state index contributed by atoms with van der Waals surface area (Å²) in [6.07, 6.45) is 0.0312. The molecule has 0 saturated carbocycles. The van der Waals surface area contributed by atoms with Gasteiger partial charge in [-0.3, -0.25) is 19.2 Å². The molecule has 0 saturated heterocycles. The van der Waals surface area contributed by atoms with Crippen LogP contribution in [0.15, 0.2) is 48.5 Å². The molecular weight excluding hydrogens is 376 g/mol. The zero-order chi connectivity index (χ0) is 21.2. The summed E-state index contributed by atoms with van der Waals surface area (Å²) in [4.78, 5) is 46.0. The van der Waals surface area contributed by atoms with E-state index in [4.69, 9.17) is 10.5 Å². The minimum atomic E-state index is -0.856. The molecule has 152 valence electrons. The van der Waals surface area contributed by atoms with E-state index in [2.05, 4.69) is 16.0 Å². The van der Waals surface area contributed by atoms with Crippen LogP contribution in [0.5, 0.6) is 5.75 Å². The summed E-state index contributed by atoms with van der Waals surface area (Å²) in [5, 5.41) is 7.63. The number of para-hydroxylation sites is 2. The molecule has 0 fully saturated rings. The molecule has 9 heteroatoms. The Morgan fingerprint density at radius 2 is 1.62 bits per heavy atom. The number of benzene rings is 2. The van der Waals surface area contributed by atoms with E-state index < -0.39 is 17.7 Å². The first-order valence-electron chi connectivity index (χ1n) is 8.81. The van der Waals surface area contributed by atoms with Crippen LogP contribution in [0.1, 0.15) is 18.9 Å². The maximum atomic E-state index is 12.1. The second-order valence-corrected chi connectivity index (χ2v) is 6.08. The molecule has 0 unspecified atom stereocenters. The van der Waals surface area contributed by atoms with Gasteiger partial charge in [0.05, 0.1) is 18.7 Å². The van der Waals surface area contributed by atoms with Crippen LogP contribution in [0.25, 0.3) is 0 Å². The number of ether oxygens (including phenoxy) is 1. The van der Waals surface area contributed by atoms with Gasteiger partial charge in [-0.15, -0.1) is 0 Å². The first-order valence-corrected chi connectivity index (χ1v) is 8.81. The van der Waals surface area contributed by atoms with Crippen LogP contribution in [0.3, 0.4) is 0 Å². The summed E-state index contributed by atoms with van der Waals surface area (Å²) in [5.41, 5.74) is 6.77. The van der Waals surface area contributed by atoms with Crippen LogP contribution < -0.4 is 26.4 Å². The van der Waals surface area contributed by atoms with E-state index in [1.165, 1.54) is 6.92 Å². The van der Waals surface area contributed by atoms with E-state index in [1.54, 1.807) is 48.5 Å². The summed E-state index contributed by atoms with van der Waals surface area (Å²) in [6, 6.07) is 13.4. The molecule has 2 aromatic carbocycles. The lowest BCUT2D eigenvalue weighted by atomic mass is 10.2. The fourth-order valence-corrected chi connectivity index (χ4v) is 2.31. The van der Waals surface area contributed by atoms with Gasteiger partial charge in [-0.25, -0.2) is 0 Å². The van der Waals surface area contributed by atoms with Crippen LogP contribution in [0.4, 0.5) is 11.4 Å². The molecular formula is C20H22N4O5. The smallest absolute Gasteiger partial charge is 0.313 e. The van der Waals surface area contributed by atoms with Crippen LogP contribution in [0.2, 0.25) is 0 Å². The lowest BCUT2D eigenvalue weighted by Crippen LogP contribution is -2.35. The van der Waals surface area contributed by atoms with Crippen molar-refractivity contribution in [3.8, 4) is 5.75 Å². The highest BCUT2D eigenvalue weighted by atomic mass is 16.5. The molecule has 0 spiro atoms. The molecule has 2 rings (SSSR count). The van der Waals surface area contributed by atoms with Crippen molar-refractivity contribution in [3.63, 3.8) is 0 Å². The Hall–Kier alpha value is -3.88. The van der Waals surface area contributed by atoms with Crippen molar-refractivity contribution in [1.82, 2.24) is 5.32 Å². The van der Waals surface area contributed by atoms with E-state index in [0.29, 0.717) is 17.1 Å². The van der Waals surface area contributed by atoms with E-state index in [1.807, 2.05) is 0 Å². The molecule has 29 heavy (non-hydrogen) atoms. The summed E-state index contributed by atoms with van der Waals surface area (Å²) in [6.45, 7) is 1.61. The number of nitrogens with one attached hydrogen (secondary N) is 3. The van der Waals surface area contributed by atoms with Crippen molar-refractivity contribution in [2.75, 3.05) is 17.2 Å². The largest absolute Gasteiger partial charge is 0.491 e. The Balaban J connectivity index is 1.88. The average molecular weight is 398 g/mol. The van der Waals surface area contributed by atoms with Gasteiger partial charge in [0.15, 0.2) is 0 Å². The topological polar surface area (TPSA) is 140 Å². The normalized spacial score (nSPS) is 9.97. The third-order valence-electron chi connectivity index (χ3n) is 3.67. The third kappa shape index (κ3) is 7.33. The number of anilines is 2. The summed E-state index contributed by atoms with van der Waals surface area (Å²) in [7, 11) is 0. The zero-order valence-electron chi connectivity index (χ0n) is 15.9. The molecule has 0 radical (unpaired) electrons. The Morgan fingerprint density at radius 3 is 2.28 bits per heavy atom. The molecule has 0 aliphatic heterocycles. The molecule has 0 aromatic heterocycles. The van der Waals surface area contributed by atoms with E-state index in [-0.39, 0.29) is 25.5 Å². The standard InChI is InChI=1S/C20H22N4O5/c1-13(25)23-15-8-6-14(7-9-15)12-22-19(27)20(28)24-16-4-2-3-5-17(16)29-11-10-18(21)26/h2-9H,10-12H2,1H3,(H2,21,26)(H,22,27)(H,23,25)(H,24,28). The number of carbonyl (C=O) groups is 4. The summed E-state index contributed by atoms with van der Waals surface area (Å²) < 4.78 is 5.42. The van der Waals surface area contributed by atoms with Gasteiger partial charge in [0, 0.05) is 19.2 Å². The average Bonchev–Trinajstić information content (AvgIpc) is 2.67. The van der Waals surface area contributed by atoms with Gasteiger partial charge < -0.3 is 26.4 Å². The molecule has 4 amide bonds. The lowest BCUT2D eigenvalue weighted by Gasteiger charge is -2.12. The van der Waals surface area contributed by atoms with Gasteiger partial charge in [0.1, 0.15) is 5.75 Å². The molecule has 0 atom stereocenters. The number of amides is 4. The Kier molecular flexibility index (Phi) is 7.72. The fraction of sp³-hybridized carbons (Fsp3) is 0.200. The van der Waals surface area contributed by atoms with E-state index >= 15 is 0 Å². The number of primary amides is 1. The highest BCUT2D eigenvalue weighted by molar-refractivity contribution is 6.39. The van der Waals surface area contributed by atoms with Crippen molar-refractivity contribution in [1.29, 1.82) is 0 Å². The quantitative estimate of drug-likeness (QED) is 0.494.